The molecule has 0 saturated carbocycles. The van der Waals surface area contributed by atoms with Gasteiger partial charge in [0.05, 0.1) is 4.47 Å². The highest BCUT2D eigenvalue weighted by atomic mass is 79.9. The third kappa shape index (κ3) is 5.29. The van der Waals surface area contributed by atoms with E-state index in [1.807, 2.05) is 19.1 Å². The number of carbonyl (C=O) groups is 2. The van der Waals surface area contributed by atoms with Crippen molar-refractivity contribution in [1.29, 1.82) is 0 Å². The van der Waals surface area contributed by atoms with Gasteiger partial charge in [-0.05, 0) is 65.2 Å². The maximum absolute atomic E-state index is 13.0. The lowest BCUT2D eigenvalue weighted by Crippen LogP contribution is -2.47. The van der Waals surface area contributed by atoms with Crippen molar-refractivity contribution in [3.8, 4) is 5.75 Å². The molecule has 2 aromatic carbocycles. The predicted octanol–water partition coefficient (Wildman–Crippen LogP) is 3.38. The Bertz CT molecular complexity index is 765. The second-order valence-corrected chi connectivity index (χ2v) is 6.18. The summed E-state index contributed by atoms with van der Waals surface area (Å²) >= 11 is 3.16. The second-order valence-electron chi connectivity index (χ2n) is 5.33. The molecule has 2 N–H and O–H groups in total. The maximum atomic E-state index is 13.0. The van der Waals surface area contributed by atoms with Gasteiger partial charge >= 0.3 is 0 Å². The van der Waals surface area contributed by atoms with E-state index in [1.165, 1.54) is 25.1 Å². The van der Waals surface area contributed by atoms with E-state index in [4.69, 9.17) is 4.74 Å². The van der Waals surface area contributed by atoms with Gasteiger partial charge in [0.2, 0.25) is 0 Å². The second kappa shape index (κ2) is 8.62. The van der Waals surface area contributed by atoms with E-state index in [1.54, 1.807) is 12.1 Å². The molecule has 0 spiro atoms. The Labute approximate surface area is 153 Å². The number of ether oxygens (including phenoxy) is 1. The number of benzene rings is 2. The molecule has 0 aromatic heterocycles. The zero-order valence-electron chi connectivity index (χ0n) is 13.8. The van der Waals surface area contributed by atoms with Crippen LogP contribution in [0.1, 0.15) is 29.8 Å². The summed E-state index contributed by atoms with van der Waals surface area (Å²) in [6.45, 7) is 3.55. The molecule has 2 amide bonds. The topological polar surface area (TPSA) is 67.4 Å². The molecule has 0 fully saturated rings. The normalized spacial score (nSPS) is 11.5. The number of halogens is 2. The van der Waals surface area contributed by atoms with Gasteiger partial charge in [-0.25, -0.2) is 4.39 Å². The monoisotopic (exact) mass is 408 g/mol. The van der Waals surface area contributed by atoms with E-state index in [-0.39, 0.29) is 0 Å². The maximum Gasteiger partial charge on any atom is 0.279 e. The van der Waals surface area contributed by atoms with Crippen molar-refractivity contribution in [3.05, 3.63) is 63.9 Å². The third-order valence-electron chi connectivity index (χ3n) is 3.49. The summed E-state index contributed by atoms with van der Waals surface area (Å²) in [5.74, 6) is -1.05. The molecule has 1 unspecified atom stereocenters. The van der Waals surface area contributed by atoms with Crippen LogP contribution >= 0.6 is 15.9 Å². The number of rotatable bonds is 5. The van der Waals surface area contributed by atoms with Gasteiger partial charge in [0.25, 0.3) is 11.8 Å². The number of hydrogen-bond acceptors (Lipinski definition) is 3. The van der Waals surface area contributed by atoms with Crippen LogP contribution in [0, 0.1) is 5.82 Å². The fourth-order valence-electron chi connectivity index (χ4n) is 2.00. The fraction of sp³-hybridized carbons (Fsp3) is 0.222. The molecule has 0 radical (unpaired) electrons. The highest BCUT2D eigenvalue weighted by molar-refractivity contribution is 9.10. The minimum Gasteiger partial charge on any atom is -0.480 e. The minimum absolute atomic E-state index is 0.325. The van der Waals surface area contributed by atoms with Gasteiger partial charge in [-0.1, -0.05) is 19.1 Å². The molecule has 25 heavy (non-hydrogen) atoms. The molecule has 0 aliphatic heterocycles. The summed E-state index contributed by atoms with van der Waals surface area (Å²) in [7, 11) is 0. The minimum atomic E-state index is -0.885. The van der Waals surface area contributed by atoms with Gasteiger partial charge in [0.1, 0.15) is 11.6 Å². The van der Waals surface area contributed by atoms with Crippen molar-refractivity contribution in [2.75, 3.05) is 0 Å². The Balaban J connectivity index is 1.88. The molecular formula is C18H18BrFN2O3. The molecule has 2 rings (SSSR count). The third-order valence-corrected chi connectivity index (χ3v) is 4.11. The SMILES string of the molecule is CCc1ccc(C(=O)NNC(=O)C(C)Oc2ccc(F)cc2Br)cc1. The summed E-state index contributed by atoms with van der Waals surface area (Å²) in [5.41, 5.74) is 6.20. The Morgan fingerprint density at radius 2 is 1.84 bits per heavy atom. The number of nitrogens with one attached hydrogen (secondary N) is 2. The van der Waals surface area contributed by atoms with Gasteiger partial charge in [0, 0.05) is 5.56 Å². The molecule has 0 bridgehead atoms. The number of amides is 2. The van der Waals surface area contributed by atoms with Crippen LogP contribution in [0.25, 0.3) is 0 Å². The lowest BCUT2D eigenvalue weighted by Gasteiger charge is -2.16. The van der Waals surface area contributed by atoms with Crippen LogP contribution in [-0.4, -0.2) is 17.9 Å². The van der Waals surface area contributed by atoms with Gasteiger partial charge < -0.3 is 4.74 Å². The fourth-order valence-corrected chi connectivity index (χ4v) is 2.44. The van der Waals surface area contributed by atoms with Crippen molar-refractivity contribution < 1.29 is 18.7 Å². The van der Waals surface area contributed by atoms with E-state index < -0.39 is 23.7 Å². The molecule has 2 aromatic rings. The summed E-state index contributed by atoms with van der Waals surface area (Å²) in [6.07, 6.45) is -0.00331. The summed E-state index contributed by atoms with van der Waals surface area (Å²) in [4.78, 5) is 24.0. The Morgan fingerprint density at radius 3 is 2.44 bits per heavy atom. The lowest BCUT2D eigenvalue weighted by atomic mass is 10.1. The highest BCUT2D eigenvalue weighted by Crippen LogP contribution is 2.26. The molecule has 0 saturated heterocycles. The quantitative estimate of drug-likeness (QED) is 0.745. The number of carbonyl (C=O) groups excluding carboxylic acids is 2. The standard InChI is InChI=1S/C18H18BrFN2O3/c1-3-12-4-6-13(7-5-12)18(24)22-21-17(23)11(2)25-16-9-8-14(20)10-15(16)19/h4-11H,3H2,1-2H3,(H,21,23)(H,22,24). The van der Waals surface area contributed by atoms with Gasteiger partial charge in [-0.15, -0.1) is 0 Å². The van der Waals surface area contributed by atoms with Crippen LogP contribution in [0.5, 0.6) is 5.75 Å². The molecule has 0 heterocycles. The van der Waals surface area contributed by atoms with E-state index in [9.17, 15) is 14.0 Å². The van der Waals surface area contributed by atoms with Crippen molar-refractivity contribution in [3.63, 3.8) is 0 Å². The zero-order valence-corrected chi connectivity index (χ0v) is 15.4. The molecule has 0 aliphatic carbocycles. The first-order valence-corrected chi connectivity index (χ1v) is 8.51. The molecule has 5 nitrogen and oxygen atoms in total. The van der Waals surface area contributed by atoms with Crippen LogP contribution in [0.3, 0.4) is 0 Å². The lowest BCUT2D eigenvalue weighted by molar-refractivity contribution is -0.128. The number of aryl methyl sites for hydroxylation is 1. The summed E-state index contributed by atoms with van der Waals surface area (Å²) in [5, 5.41) is 0. The van der Waals surface area contributed by atoms with Crippen molar-refractivity contribution >= 4 is 27.7 Å². The average molecular weight is 409 g/mol. The molecule has 132 valence electrons. The molecule has 0 aliphatic rings. The van der Waals surface area contributed by atoms with Crippen LogP contribution < -0.4 is 15.6 Å². The van der Waals surface area contributed by atoms with Crippen molar-refractivity contribution in [2.24, 2.45) is 0 Å². The first-order chi connectivity index (χ1) is 11.9. The van der Waals surface area contributed by atoms with E-state index in [0.717, 1.165) is 12.0 Å². The van der Waals surface area contributed by atoms with E-state index in [2.05, 4.69) is 26.8 Å². The first-order valence-electron chi connectivity index (χ1n) is 7.71. The van der Waals surface area contributed by atoms with Crippen LogP contribution in [0.15, 0.2) is 46.9 Å². The molecule has 7 heteroatoms. The van der Waals surface area contributed by atoms with E-state index >= 15 is 0 Å². The Morgan fingerprint density at radius 1 is 1.16 bits per heavy atom. The number of hydrogen-bond donors (Lipinski definition) is 2. The summed E-state index contributed by atoms with van der Waals surface area (Å²) < 4.78 is 18.9. The van der Waals surface area contributed by atoms with Crippen LogP contribution in [-0.2, 0) is 11.2 Å². The molecular weight excluding hydrogens is 391 g/mol. The van der Waals surface area contributed by atoms with Crippen molar-refractivity contribution in [1.82, 2.24) is 10.9 Å². The van der Waals surface area contributed by atoms with Crippen LogP contribution in [0.2, 0.25) is 0 Å². The summed E-state index contributed by atoms with van der Waals surface area (Å²) in [6, 6.07) is 11.0. The Hall–Kier alpha value is -2.41. The first kappa shape index (κ1) is 18.9. The van der Waals surface area contributed by atoms with Gasteiger partial charge in [0.15, 0.2) is 6.10 Å². The van der Waals surface area contributed by atoms with Gasteiger partial charge in [-0.3, -0.25) is 20.4 Å². The van der Waals surface area contributed by atoms with Gasteiger partial charge in [-0.2, -0.15) is 0 Å². The Kier molecular flexibility index (Phi) is 6.52. The molecule has 1 atom stereocenters. The number of hydrazine groups is 1. The van der Waals surface area contributed by atoms with Crippen molar-refractivity contribution in [2.45, 2.75) is 26.4 Å². The predicted molar refractivity (Wildman–Crippen MR) is 95.6 cm³/mol. The largest absolute Gasteiger partial charge is 0.480 e. The smallest absolute Gasteiger partial charge is 0.279 e. The zero-order chi connectivity index (χ0) is 18.4. The average Bonchev–Trinajstić information content (AvgIpc) is 2.61. The van der Waals surface area contributed by atoms with Crippen LogP contribution in [0.4, 0.5) is 4.39 Å². The highest BCUT2D eigenvalue weighted by Gasteiger charge is 2.17. The van der Waals surface area contributed by atoms with E-state index in [0.29, 0.717) is 15.8 Å².